The highest BCUT2D eigenvalue weighted by atomic mass is 79.9. The number of benzene rings is 1. The zero-order valence-corrected chi connectivity index (χ0v) is 12.5. The third-order valence-corrected chi connectivity index (χ3v) is 4.64. The van der Waals surface area contributed by atoms with Crippen molar-refractivity contribution in [1.82, 2.24) is 0 Å². The predicted molar refractivity (Wildman–Crippen MR) is 75.4 cm³/mol. The van der Waals surface area contributed by atoms with Gasteiger partial charge in [-0.3, -0.25) is 4.79 Å². The van der Waals surface area contributed by atoms with E-state index in [1.54, 1.807) is 0 Å². The lowest BCUT2D eigenvalue weighted by atomic mass is 9.61. The molecule has 0 radical (unpaired) electrons. The second-order valence-corrected chi connectivity index (χ2v) is 5.84. The average Bonchev–Trinajstić information content (AvgIpc) is 2.36. The largest absolute Gasteiger partial charge is 0.372 e. The molecule has 0 N–H and O–H groups in total. The van der Waals surface area contributed by atoms with Gasteiger partial charge < -0.3 is 4.74 Å². The lowest BCUT2D eigenvalue weighted by Crippen LogP contribution is -2.54. The fraction of sp³-hybridized carbons (Fsp3) is 0.533. The smallest absolute Gasteiger partial charge is 0.144 e. The Morgan fingerprint density at radius 2 is 2.11 bits per heavy atom. The summed E-state index contributed by atoms with van der Waals surface area (Å²) in [5.41, 5.74) is 0.927. The van der Waals surface area contributed by atoms with Crippen molar-refractivity contribution in [1.29, 1.82) is 0 Å². The van der Waals surface area contributed by atoms with E-state index in [0.717, 1.165) is 22.9 Å². The molecule has 0 spiro atoms. The van der Waals surface area contributed by atoms with Crippen molar-refractivity contribution in [2.24, 2.45) is 5.41 Å². The molecule has 98 valence electrons. The Kier molecular flexibility index (Phi) is 4.23. The van der Waals surface area contributed by atoms with E-state index >= 15 is 0 Å². The third-order valence-electron chi connectivity index (χ3n) is 4.14. The Hall–Kier alpha value is -0.670. The first-order valence-electron chi connectivity index (χ1n) is 6.51. The van der Waals surface area contributed by atoms with E-state index in [2.05, 4.69) is 35.8 Å². The van der Waals surface area contributed by atoms with Gasteiger partial charge in [0, 0.05) is 10.9 Å². The van der Waals surface area contributed by atoms with Crippen molar-refractivity contribution in [2.75, 3.05) is 0 Å². The van der Waals surface area contributed by atoms with Crippen molar-refractivity contribution < 1.29 is 9.53 Å². The SMILES string of the molecule is CCC1(CC)C(=O)CC1OCc1cccc(Br)c1. The van der Waals surface area contributed by atoms with Crippen LogP contribution in [0.4, 0.5) is 0 Å². The lowest BCUT2D eigenvalue weighted by Gasteiger charge is -2.46. The van der Waals surface area contributed by atoms with Gasteiger partial charge in [-0.25, -0.2) is 0 Å². The van der Waals surface area contributed by atoms with Gasteiger partial charge in [0.25, 0.3) is 0 Å². The average molecular weight is 311 g/mol. The van der Waals surface area contributed by atoms with Crippen LogP contribution >= 0.6 is 15.9 Å². The topological polar surface area (TPSA) is 26.3 Å². The van der Waals surface area contributed by atoms with Gasteiger partial charge >= 0.3 is 0 Å². The molecule has 0 heterocycles. The fourth-order valence-corrected chi connectivity index (χ4v) is 3.20. The quantitative estimate of drug-likeness (QED) is 0.818. The Morgan fingerprint density at radius 3 is 2.67 bits per heavy atom. The summed E-state index contributed by atoms with van der Waals surface area (Å²) in [6, 6.07) is 8.10. The van der Waals surface area contributed by atoms with Crippen LogP contribution in [0.2, 0.25) is 0 Å². The Labute approximate surface area is 117 Å². The molecule has 1 aliphatic rings. The minimum atomic E-state index is -0.216. The Balaban J connectivity index is 1.97. The number of hydrogen-bond donors (Lipinski definition) is 0. The van der Waals surface area contributed by atoms with Crippen molar-refractivity contribution in [3.8, 4) is 0 Å². The van der Waals surface area contributed by atoms with E-state index < -0.39 is 0 Å². The highest BCUT2D eigenvalue weighted by Crippen LogP contribution is 2.45. The highest BCUT2D eigenvalue weighted by molar-refractivity contribution is 9.10. The molecule has 0 saturated heterocycles. The standard InChI is InChI=1S/C15H19BrO2/c1-3-15(4-2)13(17)9-14(15)18-10-11-6-5-7-12(16)8-11/h5-8,14H,3-4,9-10H2,1-2H3. The molecule has 18 heavy (non-hydrogen) atoms. The minimum Gasteiger partial charge on any atom is -0.372 e. The van der Waals surface area contributed by atoms with E-state index in [1.165, 1.54) is 0 Å². The van der Waals surface area contributed by atoms with E-state index in [9.17, 15) is 4.79 Å². The summed E-state index contributed by atoms with van der Waals surface area (Å²) in [6.45, 7) is 4.74. The summed E-state index contributed by atoms with van der Waals surface area (Å²) in [5.74, 6) is 0.367. The molecule has 1 aromatic rings. The van der Waals surface area contributed by atoms with Gasteiger partial charge in [0.1, 0.15) is 5.78 Å². The van der Waals surface area contributed by atoms with Crippen LogP contribution in [0.15, 0.2) is 28.7 Å². The third kappa shape index (κ3) is 2.39. The van der Waals surface area contributed by atoms with Gasteiger partial charge in [-0.1, -0.05) is 41.9 Å². The molecule has 1 aliphatic carbocycles. The molecule has 1 unspecified atom stereocenters. The highest BCUT2D eigenvalue weighted by Gasteiger charge is 2.52. The summed E-state index contributed by atoms with van der Waals surface area (Å²) in [5, 5.41) is 0. The van der Waals surface area contributed by atoms with Gasteiger partial charge in [0.2, 0.25) is 0 Å². The second kappa shape index (κ2) is 5.54. The number of hydrogen-bond acceptors (Lipinski definition) is 2. The van der Waals surface area contributed by atoms with Gasteiger partial charge in [0.05, 0.1) is 18.1 Å². The molecule has 1 saturated carbocycles. The zero-order valence-electron chi connectivity index (χ0n) is 10.9. The summed E-state index contributed by atoms with van der Waals surface area (Å²) >= 11 is 3.45. The van der Waals surface area contributed by atoms with E-state index in [4.69, 9.17) is 4.74 Å². The maximum absolute atomic E-state index is 11.8. The van der Waals surface area contributed by atoms with Gasteiger partial charge in [-0.15, -0.1) is 0 Å². The minimum absolute atomic E-state index is 0.0963. The molecule has 2 nitrogen and oxygen atoms in total. The molecule has 3 heteroatoms. The first-order chi connectivity index (χ1) is 8.62. The van der Waals surface area contributed by atoms with Crippen molar-refractivity contribution in [3.63, 3.8) is 0 Å². The first kappa shape index (κ1) is 13.8. The van der Waals surface area contributed by atoms with Crippen LogP contribution < -0.4 is 0 Å². The van der Waals surface area contributed by atoms with Gasteiger partial charge in [-0.2, -0.15) is 0 Å². The molecule has 0 aromatic heterocycles. The van der Waals surface area contributed by atoms with Crippen LogP contribution in [0.5, 0.6) is 0 Å². The van der Waals surface area contributed by atoms with Crippen LogP contribution in [0, 0.1) is 5.41 Å². The van der Waals surface area contributed by atoms with Crippen LogP contribution in [0.1, 0.15) is 38.7 Å². The van der Waals surface area contributed by atoms with Crippen molar-refractivity contribution in [3.05, 3.63) is 34.3 Å². The maximum Gasteiger partial charge on any atom is 0.144 e. The summed E-state index contributed by atoms with van der Waals surface area (Å²) in [4.78, 5) is 11.8. The number of halogens is 1. The molecular formula is C15H19BrO2. The van der Waals surface area contributed by atoms with Crippen molar-refractivity contribution in [2.45, 2.75) is 45.8 Å². The lowest BCUT2D eigenvalue weighted by molar-refractivity contribution is -0.167. The Morgan fingerprint density at radius 1 is 1.39 bits per heavy atom. The van der Waals surface area contributed by atoms with Crippen LogP contribution in [-0.2, 0) is 16.1 Å². The van der Waals surface area contributed by atoms with Gasteiger partial charge in [-0.05, 0) is 30.5 Å². The molecule has 1 atom stereocenters. The molecule has 0 amide bonds. The van der Waals surface area contributed by atoms with Crippen LogP contribution in [0.3, 0.4) is 0 Å². The number of ketones is 1. The second-order valence-electron chi connectivity index (χ2n) is 4.92. The van der Waals surface area contributed by atoms with E-state index in [1.807, 2.05) is 18.2 Å². The molecule has 0 bridgehead atoms. The molecule has 1 aromatic carbocycles. The molecule has 0 aliphatic heterocycles. The van der Waals surface area contributed by atoms with Crippen molar-refractivity contribution >= 4 is 21.7 Å². The zero-order chi connectivity index (χ0) is 13.2. The summed E-state index contributed by atoms with van der Waals surface area (Å²) in [6.07, 6.45) is 2.44. The predicted octanol–water partition coefficient (Wildman–Crippen LogP) is 4.11. The maximum atomic E-state index is 11.8. The number of Topliss-reactive ketones (excluding diaryl/α,β-unsaturated/α-hetero) is 1. The fourth-order valence-electron chi connectivity index (χ4n) is 2.76. The monoisotopic (exact) mass is 310 g/mol. The number of ether oxygens (including phenoxy) is 1. The Bertz CT molecular complexity index is 438. The van der Waals surface area contributed by atoms with Crippen LogP contribution in [0.25, 0.3) is 0 Å². The first-order valence-corrected chi connectivity index (χ1v) is 7.31. The van der Waals surface area contributed by atoms with E-state index in [0.29, 0.717) is 18.8 Å². The summed E-state index contributed by atoms with van der Waals surface area (Å²) < 4.78 is 7.01. The van der Waals surface area contributed by atoms with E-state index in [-0.39, 0.29) is 11.5 Å². The summed E-state index contributed by atoms with van der Waals surface area (Å²) in [7, 11) is 0. The number of carbonyl (C=O) groups excluding carboxylic acids is 1. The number of carbonyl (C=O) groups is 1. The normalized spacial score (nSPS) is 21.7. The molecular weight excluding hydrogens is 292 g/mol. The van der Waals surface area contributed by atoms with Crippen LogP contribution in [-0.4, -0.2) is 11.9 Å². The van der Waals surface area contributed by atoms with Gasteiger partial charge in [0.15, 0.2) is 0 Å². The number of rotatable bonds is 5. The molecule has 1 fully saturated rings. The molecule has 2 rings (SSSR count).